The molecule has 1 aliphatic rings. The van der Waals surface area contributed by atoms with E-state index in [1.54, 1.807) is 24.0 Å². The molecule has 0 aliphatic carbocycles. The molecule has 1 saturated heterocycles. The van der Waals surface area contributed by atoms with Gasteiger partial charge in [0.1, 0.15) is 5.69 Å². The lowest BCUT2D eigenvalue weighted by Gasteiger charge is -2.28. The maximum Gasteiger partial charge on any atom is 0.294 e. The number of nitro benzene ring substituents is 1. The van der Waals surface area contributed by atoms with E-state index in [9.17, 15) is 10.1 Å². The maximum atomic E-state index is 11.3. The van der Waals surface area contributed by atoms with Crippen LogP contribution in [0.4, 0.5) is 11.4 Å². The van der Waals surface area contributed by atoms with Gasteiger partial charge in [0.25, 0.3) is 5.69 Å². The second-order valence-electron chi connectivity index (χ2n) is 4.97. The van der Waals surface area contributed by atoms with Gasteiger partial charge in [-0.2, -0.15) is 5.10 Å². The standard InChI is InChI=1S/C13H16N4O2/c1-15-11-8-13(17(18)19)12(7-10(11)9-14-15)16-5-3-2-4-6-16/h7-9H,2-6H2,1H3. The van der Waals surface area contributed by atoms with Gasteiger partial charge >= 0.3 is 0 Å². The van der Waals surface area contributed by atoms with E-state index >= 15 is 0 Å². The molecule has 1 aromatic heterocycles. The number of fused-ring (bicyclic) bond motifs is 1. The fourth-order valence-electron chi connectivity index (χ4n) is 2.71. The van der Waals surface area contributed by atoms with Crippen molar-refractivity contribution in [2.45, 2.75) is 19.3 Å². The first-order valence-corrected chi connectivity index (χ1v) is 6.52. The Hall–Kier alpha value is -2.11. The highest BCUT2D eigenvalue weighted by Crippen LogP contribution is 2.34. The van der Waals surface area contributed by atoms with Crippen molar-refractivity contribution in [2.75, 3.05) is 18.0 Å². The normalized spacial score (nSPS) is 15.9. The molecule has 19 heavy (non-hydrogen) atoms. The number of hydrogen-bond donors (Lipinski definition) is 0. The second-order valence-corrected chi connectivity index (χ2v) is 4.97. The third-order valence-electron chi connectivity index (χ3n) is 3.74. The van der Waals surface area contributed by atoms with Crippen molar-refractivity contribution in [1.82, 2.24) is 9.78 Å². The van der Waals surface area contributed by atoms with Gasteiger partial charge in [0.15, 0.2) is 0 Å². The van der Waals surface area contributed by atoms with Gasteiger partial charge in [-0.3, -0.25) is 14.8 Å². The maximum absolute atomic E-state index is 11.3. The van der Waals surface area contributed by atoms with Crippen LogP contribution in [0.25, 0.3) is 10.9 Å². The van der Waals surface area contributed by atoms with E-state index in [0.717, 1.165) is 42.5 Å². The van der Waals surface area contributed by atoms with Crippen molar-refractivity contribution in [3.8, 4) is 0 Å². The monoisotopic (exact) mass is 260 g/mol. The third-order valence-corrected chi connectivity index (χ3v) is 3.74. The van der Waals surface area contributed by atoms with E-state index in [0.29, 0.717) is 0 Å². The van der Waals surface area contributed by atoms with Crippen molar-refractivity contribution < 1.29 is 4.92 Å². The average molecular weight is 260 g/mol. The van der Waals surface area contributed by atoms with Gasteiger partial charge in [0.2, 0.25) is 0 Å². The highest BCUT2D eigenvalue weighted by atomic mass is 16.6. The SMILES string of the molecule is Cn1ncc2cc(N3CCCCC3)c([N+](=O)[O-])cc21. The molecule has 6 heteroatoms. The summed E-state index contributed by atoms with van der Waals surface area (Å²) in [4.78, 5) is 13.1. The topological polar surface area (TPSA) is 64.2 Å². The van der Waals surface area contributed by atoms with Crippen LogP contribution in [0.2, 0.25) is 0 Å². The van der Waals surface area contributed by atoms with E-state index in [1.807, 2.05) is 6.07 Å². The minimum Gasteiger partial charge on any atom is -0.366 e. The summed E-state index contributed by atoms with van der Waals surface area (Å²) in [7, 11) is 1.80. The van der Waals surface area contributed by atoms with Crippen LogP contribution in [0.1, 0.15) is 19.3 Å². The fraction of sp³-hybridized carbons (Fsp3) is 0.462. The van der Waals surface area contributed by atoms with Crippen LogP contribution >= 0.6 is 0 Å². The van der Waals surface area contributed by atoms with E-state index in [-0.39, 0.29) is 10.6 Å². The predicted molar refractivity (Wildman–Crippen MR) is 73.4 cm³/mol. The molecule has 0 radical (unpaired) electrons. The third kappa shape index (κ3) is 2.03. The number of piperidine rings is 1. The van der Waals surface area contributed by atoms with Gasteiger partial charge in [-0.1, -0.05) is 0 Å². The minimum atomic E-state index is -0.295. The number of anilines is 1. The summed E-state index contributed by atoms with van der Waals surface area (Å²) in [6, 6.07) is 3.53. The summed E-state index contributed by atoms with van der Waals surface area (Å²) < 4.78 is 1.67. The van der Waals surface area contributed by atoms with Crippen molar-refractivity contribution in [3.05, 3.63) is 28.4 Å². The number of nitro groups is 1. The quantitative estimate of drug-likeness (QED) is 0.614. The summed E-state index contributed by atoms with van der Waals surface area (Å²) in [6.07, 6.45) is 5.16. The van der Waals surface area contributed by atoms with Crippen LogP contribution in [0.5, 0.6) is 0 Å². The van der Waals surface area contributed by atoms with Crippen molar-refractivity contribution >= 4 is 22.3 Å². The molecular weight excluding hydrogens is 244 g/mol. The Kier molecular flexibility index (Phi) is 2.85. The largest absolute Gasteiger partial charge is 0.366 e. The molecule has 0 saturated carbocycles. The molecule has 0 N–H and O–H groups in total. The van der Waals surface area contributed by atoms with E-state index in [1.165, 1.54) is 6.42 Å². The van der Waals surface area contributed by atoms with Crippen LogP contribution < -0.4 is 4.90 Å². The Balaban J connectivity index is 2.14. The number of benzene rings is 1. The number of rotatable bonds is 2. The summed E-state index contributed by atoms with van der Waals surface area (Å²) >= 11 is 0. The Morgan fingerprint density at radius 1 is 1.26 bits per heavy atom. The van der Waals surface area contributed by atoms with Crippen LogP contribution in [-0.2, 0) is 7.05 Å². The van der Waals surface area contributed by atoms with Gasteiger partial charge < -0.3 is 4.90 Å². The number of aryl methyl sites for hydroxylation is 1. The summed E-state index contributed by atoms with van der Waals surface area (Å²) in [6.45, 7) is 1.79. The second kappa shape index (κ2) is 4.53. The average Bonchev–Trinajstić information content (AvgIpc) is 2.79. The summed E-state index contributed by atoms with van der Waals surface area (Å²) in [5.74, 6) is 0. The Bertz CT molecular complexity index is 629. The van der Waals surface area contributed by atoms with Gasteiger partial charge in [-0.25, -0.2) is 0 Å². The lowest BCUT2D eigenvalue weighted by atomic mass is 10.1. The molecule has 2 heterocycles. The summed E-state index contributed by atoms with van der Waals surface area (Å²) in [5, 5.41) is 16.4. The molecule has 3 rings (SSSR count). The van der Waals surface area contributed by atoms with Crippen LogP contribution in [0, 0.1) is 10.1 Å². The molecule has 2 aromatic rings. The zero-order chi connectivity index (χ0) is 13.4. The number of hydrogen-bond acceptors (Lipinski definition) is 4. The summed E-state index contributed by atoms with van der Waals surface area (Å²) in [5.41, 5.74) is 1.70. The number of nitrogens with zero attached hydrogens (tertiary/aromatic N) is 4. The fourth-order valence-corrected chi connectivity index (χ4v) is 2.71. The molecule has 0 atom stereocenters. The smallest absolute Gasteiger partial charge is 0.294 e. The Morgan fingerprint density at radius 3 is 2.68 bits per heavy atom. The molecular formula is C13H16N4O2. The molecule has 1 fully saturated rings. The molecule has 1 aromatic carbocycles. The molecule has 0 amide bonds. The first kappa shape index (κ1) is 12.0. The molecule has 0 bridgehead atoms. The van der Waals surface area contributed by atoms with Gasteiger partial charge in [-0.05, 0) is 25.3 Å². The molecule has 1 aliphatic heterocycles. The van der Waals surface area contributed by atoms with Crippen molar-refractivity contribution in [2.24, 2.45) is 7.05 Å². The molecule has 6 nitrogen and oxygen atoms in total. The van der Waals surface area contributed by atoms with Crippen molar-refractivity contribution in [3.63, 3.8) is 0 Å². The minimum absolute atomic E-state index is 0.179. The first-order chi connectivity index (χ1) is 9.16. The van der Waals surface area contributed by atoms with E-state index in [2.05, 4.69) is 10.00 Å². The first-order valence-electron chi connectivity index (χ1n) is 6.52. The van der Waals surface area contributed by atoms with Crippen LogP contribution in [0.3, 0.4) is 0 Å². The lowest BCUT2D eigenvalue weighted by Crippen LogP contribution is -2.29. The zero-order valence-corrected chi connectivity index (χ0v) is 10.9. The zero-order valence-electron chi connectivity index (χ0n) is 10.9. The highest BCUT2D eigenvalue weighted by Gasteiger charge is 2.22. The number of aromatic nitrogens is 2. The molecule has 0 spiro atoms. The molecule has 0 unspecified atom stereocenters. The Labute approximate surface area is 110 Å². The van der Waals surface area contributed by atoms with Crippen molar-refractivity contribution in [1.29, 1.82) is 0 Å². The molecule has 100 valence electrons. The van der Waals surface area contributed by atoms with E-state index < -0.39 is 0 Å². The Morgan fingerprint density at radius 2 is 2.00 bits per heavy atom. The van der Waals surface area contributed by atoms with Crippen LogP contribution in [-0.4, -0.2) is 27.8 Å². The van der Waals surface area contributed by atoms with Gasteiger partial charge in [-0.15, -0.1) is 0 Å². The van der Waals surface area contributed by atoms with E-state index in [4.69, 9.17) is 0 Å². The van der Waals surface area contributed by atoms with Crippen LogP contribution in [0.15, 0.2) is 18.3 Å². The van der Waals surface area contributed by atoms with Gasteiger partial charge in [0, 0.05) is 31.6 Å². The van der Waals surface area contributed by atoms with Gasteiger partial charge in [0.05, 0.1) is 16.6 Å². The predicted octanol–water partition coefficient (Wildman–Crippen LogP) is 2.47. The lowest BCUT2D eigenvalue weighted by molar-refractivity contribution is -0.384. The highest BCUT2D eigenvalue weighted by molar-refractivity contribution is 5.88.